The minimum atomic E-state index is -0.991. The van der Waals surface area contributed by atoms with E-state index in [1.54, 1.807) is 6.08 Å². The summed E-state index contributed by atoms with van der Waals surface area (Å²) < 4.78 is 2.06. The van der Waals surface area contributed by atoms with E-state index in [1.807, 2.05) is 45.2 Å². The lowest BCUT2D eigenvalue weighted by atomic mass is 10.1. The van der Waals surface area contributed by atoms with Gasteiger partial charge in [-0.05, 0) is 30.8 Å². The van der Waals surface area contributed by atoms with Crippen molar-refractivity contribution in [1.29, 1.82) is 0 Å². The summed E-state index contributed by atoms with van der Waals surface area (Å²) in [5.74, 6) is -0.251. The molecule has 2 aromatic heterocycles. The summed E-state index contributed by atoms with van der Waals surface area (Å²) >= 11 is 1.05. The largest absolute Gasteiger partial charge is 0.477 e. The van der Waals surface area contributed by atoms with Gasteiger partial charge in [0.15, 0.2) is 0 Å². The van der Waals surface area contributed by atoms with Crippen LogP contribution in [-0.2, 0) is 18.3 Å². The van der Waals surface area contributed by atoms with E-state index >= 15 is 0 Å². The lowest BCUT2D eigenvalue weighted by molar-refractivity contribution is -0.131. The van der Waals surface area contributed by atoms with Gasteiger partial charge in [0.1, 0.15) is 10.7 Å². The first kappa shape index (κ1) is 16.3. The van der Waals surface area contributed by atoms with E-state index in [1.165, 1.54) is 0 Å². The van der Waals surface area contributed by atoms with Gasteiger partial charge in [-0.15, -0.1) is 5.10 Å². The van der Waals surface area contributed by atoms with Crippen LogP contribution in [0.3, 0.4) is 0 Å². The van der Waals surface area contributed by atoms with Crippen molar-refractivity contribution in [3.63, 3.8) is 0 Å². The summed E-state index contributed by atoms with van der Waals surface area (Å²) in [6.45, 7) is 3.94. The van der Waals surface area contributed by atoms with E-state index in [4.69, 9.17) is 0 Å². The highest BCUT2D eigenvalue weighted by Crippen LogP contribution is 2.31. The highest BCUT2D eigenvalue weighted by atomic mass is 32.2. The number of nitrogens with zero attached hydrogens (tertiary/aromatic N) is 3. The zero-order chi connectivity index (χ0) is 17.3. The number of H-pyrrole nitrogens is 1. The standard InChI is InChI=1S/C17H18N4O2S/c1-4-15-18-17(20-19-15)24-14(16(22)23)9-12-10(2)21(3)13-8-6-5-7-11(12)13/h5-9H,4H2,1-3H3,(H,22,23)(H,18,19,20)/b14-9-. The van der Waals surface area contributed by atoms with Crippen molar-refractivity contribution in [3.8, 4) is 0 Å². The molecule has 2 N–H and O–H groups in total. The highest BCUT2D eigenvalue weighted by Gasteiger charge is 2.16. The summed E-state index contributed by atoms with van der Waals surface area (Å²) in [5.41, 5.74) is 2.99. The monoisotopic (exact) mass is 342 g/mol. The van der Waals surface area contributed by atoms with E-state index in [2.05, 4.69) is 19.7 Å². The minimum Gasteiger partial charge on any atom is -0.477 e. The number of carbonyl (C=O) groups is 1. The van der Waals surface area contributed by atoms with Gasteiger partial charge in [0.25, 0.3) is 0 Å². The fourth-order valence-electron chi connectivity index (χ4n) is 2.58. The third-order valence-corrected chi connectivity index (χ3v) is 4.86. The van der Waals surface area contributed by atoms with Crippen molar-refractivity contribution < 1.29 is 9.90 Å². The number of para-hydroxylation sites is 1. The molecule has 0 unspecified atom stereocenters. The zero-order valence-electron chi connectivity index (χ0n) is 13.7. The number of aliphatic carboxylic acids is 1. The van der Waals surface area contributed by atoms with E-state index in [9.17, 15) is 9.90 Å². The van der Waals surface area contributed by atoms with Crippen molar-refractivity contribution in [2.75, 3.05) is 0 Å². The molecule has 0 aliphatic rings. The number of aryl methyl sites for hydroxylation is 2. The molecule has 0 bridgehead atoms. The van der Waals surface area contributed by atoms with E-state index in [0.717, 1.165) is 46.2 Å². The van der Waals surface area contributed by atoms with Crippen LogP contribution in [0.5, 0.6) is 0 Å². The minimum absolute atomic E-state index is 0.191. The molecule has 0 aliphatic carbocycles. The molecule has 0 radical (unpaired) electrons. The normalized spacial score (nSPS) is 12.0. The number of aromatic amines is 1. The Kier molecular flexibility index (Phi) is 4.44. The van der Waals surface area contributed by atoms with E-state index in [0.29, 0.717) is 5.16 Å². The fraction of sp³-hybridized carbons (Fsp3) is 0.235. The number of carboxylic acids is 1. The van der Waals surface area contributed by atoms with Gasteiger partial charge in [-0.3, -0.25) is 5.10 Å². The van der Waals surface area contributed by atoms with Gasteiger partial charge in [-0.25, -0.2) is 9.78 Å². The molecule has 0 fully saturated rings. The predicted molar refractivity (Wildman–Crippen MR) is 94.9 cm³/mol. The maximum absolute atomic E-state index is 11.7. The molecule has 0 spiro atoms. The Morgan fingerprint density at radius 3 is 2.83 bits per heavy atom. The molecule has 7 heteroatoms. The van der Waals surface area contributed by atoms with Gasteiger partial charge < -0.3 is 9.67 Å². The lowest BCUT2D eigenvalue weighted by Gasteiger charge is -2.01. The molecule has 1 aromatic carbocycles. The van der Waals surface area contributed by atoms with Gasteiger partial charge in [0.2, 0.25) is 5.16 Å². The highest BCUT2D eigenvalue weighted by molar-refractivity contribution is 8.04. The average Bonchev–Trinajstić information content (AvgIpc) is 3.13. The molecule has 2 heterocycles. The molecule has 0 amide bonds. The molecule has 3 aromatic rings. The molecule has 24 heavy (non-hydrogen) atoms. The summed E-state index contributed by atoms with van der Waals surface area (Å²) in [5, 5.41) is 17.9. The number of nitrogens with one attached hydrogen (secondary N) is 1. The zero-order valence-corrected chi connectivity index (χ0v) is 14.5. The van der Waals surface area contributed by atoms with Crippen LogP contribution in [0, 0.1) is 6.92 Å². The van der Waals surface area contributed by atoms with Gasteiger partial charge >= 0.3 is 5.97 Å². The van der Waals surface area contributed by atoms with Crippen LogP contribution in [0.4, 0.5) is 0 Å². The van der Waals surface area contributed by atoms with Crippen LogP contribution >= 0.6 is 11.8 Å². The molecule has 0 atom stereocenters. The number of hydrogen-bond donors (Lipinski definition) is 2. The summed E-state index contributed by atoms with van der Waals surface area (Å²) in [6, 6.07) is 7.95. The third kappa shape index (κ3) is 2.94. The van der Waals surface area contributed by atoms with Crippen molar-refractivity contribution in [2.45, 2.75) is 25.4 Å². The number of carboxylic acid groups (broad SMARTS) is 1. The quantitative estimate of drug-likeness (QED) is 0.548. The smallest absolute Gasteiger partial charge is 0.342 e. The van der Waals surface area contributed by atoms with Crippen molar-refractivity contribution >= 4 is 34.7 Å². The summed E-state index contributed by atoms with van der Waals surface area (Å²) in [4.78, 5) is 16.1. The Hall–Kier alpha value is -2.54. The van der Waals surface area contributed by atoms with Crippen LogP contribution in [-0.4, -0.2) is 30.8 Å². The second-order valence-electron chi connectivity index (χ2n) is 5.41. The van der Waals surface area contributed by atoms with Crippen molar-refractivity contribution in [1.82, 2.24) is 19.7 Å². The number of benzene rings is 1. The first-order valence-corrected chi connectivity index (χ1v) is 8.41. The van der Waals surface area contributed by atoms with Crippen LogP contribution in [0.25, 0.3) is 17.0 Å². The molecule has 0 saturated heterocycles. The van der Waals surface area contributed by atoms with E-state index in [-0.39, 0.29) is 4.91 Å². The number of hydrogen-bond acceptors (Lipinski definition) is 4. The molecule has 6 nitrogen and oxygen atoms in total. The molecule has 124 valence electrons. The molecule has 0 saturated carbocycles. The summed E-state index contributed by atoms with van der Waals surface area (Å²) in [7, 11) is 1.98. The Morgan fingerprint density at radius 1 is 1.42 bits per heavy atom. The van der Waals surface area contributed by atoms with Crippen LogP contribution in [0.15, 0.2) is 34.3 Å². The Balaban J connectivity index is 2.06. The third-order valence-electron chi connectivity index (χ3n) is 3.98. The van der Waals surface area contributed by atoms with Crippen LogP contribution in [0.1, 0.15) is 24.0 Å². The Labute approximate surface area is 143 Å². The first-order valence-electron chi connectivity index (χ1n) is 7.59. The maximum Gasteiger partial charge on any atom is 0.342 e. The maximum atomic E-state index is 11.7. The predicted octanol–water partition coefficient (Wildman–Crippen LogP) is 3.39. The van der Waals surface area contributed by atoms with Gasteiger partial charge in [-0.2, -0.15) is 0 Å². The van der Waals surface area contributed by atoms with Crippen molar-refractivity contribution in [2.24, 2.45) is 7.05 Å². The first-order chi connectivity index (χ1) is 11.5. The fourth-order valence-corrected chi connectivity index (χ4v) is 3.29. The molecule has 0 aliphatic heterocycles. The van der Waals surface area contributed by atoms with Crippen LogP contribution in [0.2, 0.25) is 0 Å². The number of aromatic nitrogens is 4. The average molecular weight is 342 g/mol. The second kappa shape index (κ2) is 6.52. The number of thioether (sulfide) groups is 1. The lowest BCUT2D eigenvalue weighted by Crippen LogP contribution is -1.98. The topological polar surface area (TPSA) is 83.8 Å². The van der Waals surface area contributed by atoms with Crippen molar-refractivity contribution in [3.05, 3.63) is 46.3 Å². The molecule has 3 rings (SSSR count). The number of fused-ring (bicyclic) bond motifs is 1. The SMILES string of the molecule is CCc1nc(S/C(=C\c2c(C)n(C)c3ccccc23)C(=O)O)n[nH]1. The second-order valence-corrected chi connectivity index (χ2v) is 6.42. The Bertz CT molecular complexity index is 939. The van der Waals surface area contributed by atoms with Crippen LogP contribution < -0.4 is 0 Å². The summed E-state index contributed by atoms with van der Waals surface area (Å²) in [6.07, 6.45) is 2.43. The van der Waals surface area contributed by atoms with Gasteiger partial charge in [0, 0.05) is 35.6 Å². The molecular weight excluding hydrogens is 324 g/mol. The van der Waals surface area contributed by atoms with Gasteiger partial charge in [-0.1, -0.05) is 25.1 Å². The Morgan fingerprint density at radius 2 is 2.17 bits per heavy atom. The van der Waals surface area contributed by atoms with Gasteiger partial charge in [0.05, 0.1) is 0 Å². The molecular formula is C17H18N4O2S. The van der Waals surface area contributed by atoms with E-state index < -0.39 is 5.97 Å². The number of rotatable bonds is 5.